The third kappa shape index (κ3) is 14.3. The summed E-state index contributed by atoms with van der Waals surface area (Å²) < 4.78 is 0. The molecule has 11 N–H and O–H groups in total. The van der Waals surface area contributed by atoms with Gasteiger partial charge >= 0.3 is 0 Å². The number of nitrogens with two attached hydrogens (primary N) is 3. The van der Waals surface area contributed by atoms with E-state index in [9.17, 15) is 28.8 Å². The molecular weight excluding hydrogens is 783 g/mol. The van der Waals surface area contributed by atoms with Crippen molar-refractivity contribution >= 4 is 58.5 Å². The molecule has 0 unspecified atom stereocenters. The van der Waals surface area contributed by atoms with Gasteiger partial charge in [-0.3, -0.25) is 58.7 Å². The zero-order chi connectivity index (χ0) is 43.7. The molecule has 0 radical (unpaired) electrons. The number of anilines is 3. The zero-order valence-corrected chi connectivity index (χ0v) is 35.2. The van der Waals surface area contributed by atoms with Crippen LogP contribution < -0.4 is 48.7 Å². The Morgan fingerprint density at radius 3 is 2.16 bits per heavy atom. The van der Waals surface area contributed by atoms with Crippen molar-refractivity contribution in [2.45, 2.75) is 70.0 Å². The normalized spacial score (nSPS) is 17.1. The largest absolute Gasteiger partial charge is 0.370 e. The number of carbonyl (C=O) groups excluding carboxylic acids is 6. The fourth-order valence-electron chi connectivity index (χ4n) is 7.89. The van der Waals surface area contributed by atoms with Crippen LogP contribution in [0.1, 0.15) is 62.2 Å². The molecule has 0 saturated carbocycles. The second kappa shape index (κ2) is 23.5. The Kier molecular flexibility index (Phi) is 18.0. The van der Waals surface area contributed by atoms with E-state index in [1.165, 1.54) is 6.92 Å². The summed E-state index contributed by atoms with van der Waals surface area (Å²) >= 11 is 0. The lowest BCUT2D eigenvalue weighted by Crippen LogP contribution is -2.55. The maximum Gasteiger partial charge on any atom is 0.257 e. The van der Waals surface area contributed by atoms with E-state index in [-0.39, 0.29) is 42.2 Å². The van der Waals surface area contributed by atoms with Gasteiger partial charge in [0, 0.05) is 71.9 Å². The number of unbranched alkanes of at least 4 members (excludes halogenated alkanes) is 1. The first-order chi connectivity index (χ1) is 29.4. The number of hydrogen-bond donors (Lipinski definition) is 8. The summed E-state index contributed by atoms with van der Waals surface area (Å²) in [7, 11) is 0. The van der Waals surface area contributed by atoms with Gasteiger partial charge in [-0.25, -0.2) is 0 Å². The van der Waals surface area contributed by atoms with E-state index in [1.807, 2.05) is 24.3 Å². The van der Waals surface area contributed by atoms with Crippen LogP contribution >= 0.6 is 0 Å². The first-order valence-electron chi connectivity index (χ1n) is 21.3. The van der Waals surface area contributed by atoms with Crippen LogP contribution in [0.4, 0.5) is 17.1 Å². The van der Waals surface area contributed by atoms with Crippen molar-refractivity contribution in [2.24, 2.45) is 22.2 Å². The van der Waals surface area contributed by atoms with Gasteiger partial charge < -0.3 is 38.5 Å². The maximum absolute atomic E-state index is 13.9. The van der Waals surface area contributed by atoms with Gasteiger partial charge in [0.1, 0.15) is 6.04 Å². The molecule has 3 aliphatic rings. The van der Waals surface area contributed by atoms with Gasteiger partial charge in [-0.2, -0.15) is 0 Å². The van der Waals surface area contributed by atoms with Crippen molar-refractivity contribution in [3.63, 3.8) is 0 Å². The number of piperazine rings is 1. The number of para-hydroxylation sites is 3. The standard InChI is InChI=1S/C42H63N13O6/c1-29(56)48-41(61)34(11-6-7-17-43)51-40(60)33(12-8-18-47-42(44)45)46-19-22-52-23-25-54(26-24-52)27-37(57)49-30-15-20-53(21-16-30)28-38(58)55-35-13-4-2-9-31(35)39(59)50-32-10-3-5-14-36(32)55/h2-5,9-10,13-14,30,33-34,46H,6-8,11-12,15-28,43H2,1H3,(H,49,57)(H,50,59)(H,51,60)(H4,44,45,47)(H,48,56,61)/t33-,34-/m0/s1. The molecule has 2 saturated heterocycles. The Bertz CT molecular complexity index is 1860. The van der Waals surface area contributed by atoms with Crippen molar-refractivity contribution in [3.05, 3.63) is 54.1 Å². The van der Waals surface area contributed by atoms with Gasteiger partial charge in [0.2, 0.25) is 29.5 Å². The van der Waals surface area contributed by atoms with Gasteiger partial charge in [0.05, 0.1) is 41.8 Å². The molecule has 5 rings (SSSR count). The highest BCUT2D eigenvalue weighted by Crippen LogP contribution is 2.37. The third-order valence-electron chi connectivity index (χ3n) is 11.1. The van der Waals surface area contributed by atoms with Crippen LogP contribution in [0.5, 0.6) is 0 Å². The number of piperidine rings is 1. The fourth-order valence-corrected chi connectivity index (χ4v) is 7.89. The van der Waals surface area contributed by atoms with E-state index in [1.54, 1.807) is 29.2 Å². The summed E-state index contributed by atoms with van der Waals surface area (Å²) in [6, 6.07) is 12.9. The smallest absolute Gasteiger partial charge is 0.257 e. The molecule has 0 aromatic heterocycles. The lowest BCUT2D eigenvalue weighted by molar-refractivity contribution is -0.134. The number of aliphatic imine (C=N–C) groups is 1. The number of nitrogens with one attached hydrogen (secondary N) is 5. The maximum atomic E-state index is 13.9. The Labute approximate surface area is 357 Å². The fraction of sp³-hybridized carbons (Fsp3) is 0.548. The molecule has 2 aromatic carbocycles. The monoisotopic (exact) mass is 846 g/mol. The minimum absolute atomic E-state index is 0.0158. The number of likely N-dealkylation sites (tertiary alicyclic amines) is 1. The van der Waals surface area contributed by atoms with E-state index in [0.717, 1.165) is 39.0 Å². The van der Waals surface area contributed by atoms with E-state index in [0.29, 0.717) is 101 Å². The SMILES string of the molecule is CC(=O)NC(=O)[C@H](CCCCN)NC(=O)[C@H](CCCN=C(N)N)NCCN1CCN(CC(=O)NC2CCN(CC(=O)N3c4ccccc4NC(=O)c4ccccc43)CC2)CC1. The predicted molar refractivity (Wildman–Crippen MR) is 234 cm³/mol. The highest BCUT2D eigenvalue weighted by atomic mass is 16.2. The van der Waals surface area contributed by atoms with Crippen LogP contribution in [-0.2, 0) is 24.0 Å². The molecular formula is C42H63N13O6. The average molecular weight is 846 g/mol. The zero-order valence-electron chi connectivity index (χ0n) is 35.2. The van der Waals surface area contributed by atoms with Crippen LogP contribution in [0.3, 0.4) is 0 Å². The number of rotatable bonds is 20. The van der Waals surface area contributed by atoms with Crippen molar-refractivity contribution in [2.75, 3.05) is 88.8 Å². The number of fused-ring (bicyclic) bond motifs is 2. The molecule has 0 aliphatic carbocycles. The molecule has 19 nitrogen and oxygen atoms in total. The third-order valence-corrected chi connectivity index (χ3v) is 11.1. The minimum atomic E-state index is -0.876. The van der Waals surface area contributed by atoms with Crippen LogP contribution in [0, 0.1) is 0 Å². The van der Waals surface area contributed by atoms with Gasteiger partial charge in [-0.1, -0.05) is 24.3 Å². The first kappa shape index (κ1) is 46.6. The lowest BCUT2D eigenvalue weighted by atomic mass is 10.0. The van der Waals surface area contributed by atoms with Crippen molar-refractivity contribution < 1.29 is 28.8 Å². The van der Waals surface area contributed by atoms with Gasteiger partial charge in [-0.05, 0) is 75.8 Å². The second-order valence-electron chi connectivity index (χ2n) is 15.8. The highest BCUT2D eigenvalue weighted by Gasteiger charge is 2.32. The van der Waals surface area contributed by atoms with Crippen molar-refractivity contribution in [3.8, 4) is 0 Å². The van der Waals surface area contributed by atoms with Gasteiger partial charge in [0.25, 0.3) is 5.91 Å². The Morgan fingerprint density at radius 1 is 0.803 bits per heavy atom. The summed E-state index contributed by atoms with van der Waals surface area (Å²) in [5, 5.41) is 14.6. The van der Waals surface area contributed by atoms with Crippen LogP contribution in [0.15, 0.2) is 53.5 Å². The molecule has 0 bridgehead atoms. The highest BCUT2D eigenvalue weighted by molar-refractivity contribution is 6.18. The van der Waals surface area contributed by atoms with E-state index < -0.39 is 23.9 Å². The quantitative estimate of drug-likeness (QED) is 0.0471. The van der Waals surface area contributed by atoms with Crippen LogP contribution in [0.25, 0.3) is 0 Å². The number of nitrogens with zero attached hydrogens (tertiary/aromatic N) is 5. The van der Waals surface area contributed by atoms with Crippen molar-refractivity contribution in [1.82, 2.24) is 36.0 Å². The Balaban J connectivity index is 1.03. The van der Waals surface area contributed by atoms with Crippen LogP contribution in [-0.4, -0.2) is 153 Å². The second-order valence-corrected chi connectivity index (χ2v) is 15.8. The molecule has 2 atom stereocenters. The summed E-state index contributed by atoms with van der Waals surface area (Å²) in [6.07, 6.45) is 4.05. The minimum Gasteiger partial charge on any atom is -0.370 e. The Hall–Kier alpha value is -5.47. The van der Waals surface area contributed by atoms with Crippen LogP contribution in [0.2, 0.25) is 0 Å². The Morgan fingerprint density at radius 2 is 1.46 bits per heavy atom. The topological polar surface area (TPSA) is 266 Å². The molecule has 2 aromatic rings. The summed E-state index contributed by atoms with van der Waals surface area (Å²) in [4.78, 5) is 89.9. The summed E-state index contributed by atoms with van der Waals surface area (Å²) in [6.45, 7) is 7.98. The molecule has 61 heavy (non-hydrogen) atoms. The van der Waals surface area contributed by atoms with Gasteiger partial charge in [-0.15, -0.1) is 0 Å². The number of guanidine groups is 1. The van der Waals surface area contributed by atoms with E-state index >= 15 is 0 Å². The molecule has 0 spiro atoms. The number of carbonyl (C=O) groups is 6. The predicted octanol–water partition coefficient (Wildman–Crippen LogP) is -0.597. The number of amides is 6. The average Bonchev–Trinajstić information content (AvgIpc) is 3.35. The molecule has 6 amide bonds. The molecule has 3 heterocycles. The molecule has 19 heteroatoms. The number of hydrogen-bond acceptors (Lipinski definition) is 12. The van der Waals surface area contributed by atoms with Gasteiger partial charge in [0.15, 0.2) is 5.96 Å². The lowest BCUT2D eigenvalue weighted by Gasteiger charge is -2.36. The summed E-state index contributed by atoms with van der Waals surface area (Å²) in [5.41, 5.74) is 18.8. The van der Waals surface area contributed by atoms with Crippen molar-refractivity contribution in [1.29, 1.82) is 0 Å². The van der Waals surface area contributed by atoms with E-state index in [2.05, 4.69) is 46.3 Å². The molecule has 2 fully saturated rings. The molecule has 3 aliphatic heterocycles. The molecule has 332 valence electrons. The number of benzene rings is 2. The van der Waals surface area contributed by atoms with E-state index in [4.69, 9.17) is 17.2 Å². The number of imide groups is 1. The summed E-state index contributed by atoms with van der Waals surface area (Å²) in [5.74, 6) is -1.84. The first-order valence-corrected chi connectivity index (χ1v) is 21.3.